The summed E-state index contributed by atoms with van der Waals surface area (Å²) >= 11 is 1.38. The molecule has 0 bridgehead atoms. The normalized spacial score (nSPS) is 0.667. The van der Waals surface area contributed by atoms with Crippen LogP contribution in [-0.2, 0) is 87.4 Å². The Labute approximate surface area is 86.5 Å². The van der Waals surface area contributed by atoms with E-state index in [9.17, 15) is 0 Å². The Hall–Kier alpha value is 2.37. The van der Waals surface area contributed by atoms with Crippen LogP contribution in [0.4, 0.5) is 0 Å². The first kappa shape index (κ1) is 40.0. The molecule has 6 heteroatoms. The molecule has 0 aromatic carbocycles. The molecule has 0 aromatic heterocycles. The van der Waals surface area contributed by atoms with E-state index in [1.54, 1.807) is 0 Å². The van der Waals surface area contributed by atoms with Gasteiger partial charge in [0.25, 0.3) is 0 Å². The first-order valence-corrected chi connectivity index (χ1v) is 0.687. The molecular weight excluding hydrogens is 296 g/mol. The van der Waals surface area contributed by atoms with E-state index in [1.807, 2.05) is 0 Å². The van der Waals surface area contributed by atoms with Crippen molar-refractivity contribution in [3.8, 4) is 0 Å². The molecule has 46 valence electrons. The number of hydrogen-bond donors (Lipinski definition) is 0. The van der Waals surface area contributed by atoms with Gasteiger partial charge in [0.1, 0.15) is 0 Å². The van der Waals surface area contributed by atoms with Crippen molar-refractivity contribution in [1.29, 1.82) is 0 Å². The van der Waals surface area contributed by atoms with Crippen molar-refractivity contribution in [3.63, 3.8) is 0 Å². The second-order valence-corrected chi connectivity index (χ2v) is 0. The summed E-state index contributed by atoms with van der Waals surface area (Å²) in [6.45, 7) is 0. The molecule has 0 amide bonds. The van der Waals surface area contributed by atoms with Crippen molar-refractivity contribution >= 4 is 0 Å². The average molecular weight is 296 g/mol. The van der Waals surface area contributed by atoms with Crippen molar-refractivity contribution in [2.45, 2.75) is 0 Å². The fourth-order valence-corrected chi connectivity index (χ4v) is 0. The van der Waals surface area contributed by atoms with Gasteiger partial charge in [-0.15, -0.1) is 0 Å². The molecule has 0 aliphatic carbocycles. The van der Waals surface area contributed by atoms with E-state index in [-0.39, 0.29) is 67.4 Å². The van der Waals surface area contributed by atoms with Crippen molar-refractivity contribution in [3.05, 3.63) is 0 Å². The summed E-state index contributed by atoms with van der Waals surface area (Å²) in [5, 5.41) is 0. The van der Waals surface area contributed by atoms with Crippen LogP contribution < -0.4 is 0 Å². The van der Waals surface area contributed by atoms with Gasteiger partial charge < -0.3 is 0 Å². The standard InChI is InChI=1S/Co.Cr.Fe.Mn.Ni.O. The SMILES string of the molecule is [Co].[Fe].[Mn].[Ni].[O]=[Cr]. The summed E-state index contributed by atoms with van der Waals surface area (Å²) in [4.78, 5) is 0. The zero-order chi connectivity index (χ0) is 2.00. The Morgan fingerprint density at radius 3 is 1.17 bits per heavy atom. The summed E-state index contributed by atoms with van der Waals surface area (Å²) in [6, 6.07) is 0. The van der Waals surface area contributed by atoms with E-state index in [1.165, 1.54) is 16.2 Å². The Bertz CT molecular complexity index is 15.5. The van der Waals surface area contributed by atoms with Crippen LogP contribution in [0.25, 0.3) is 0 Å². The van der Waals surface area contributed by atoms with E-state index in [0.717, 1.165) is 0 Å². The van der Waals surface area contributed by atoms with Crippen molar-refractivity contribution in [2.24, 2.45) is 0 Å². The second kappa shape index (κ2) is 53.2. The summed E-state index contributed by atoms with van der Waals surface area (Å²) in [6.07, 6.45) is 0. The molecule has 0 saturated carbocycles. The third kappa shape index (κ3) is 32.7. The molecule has 0 fully saturated rings. The third-order valence-electron chi connectivity index (χ3n) is 0. The van der Waals surface area contributed by atoms with E-state index in [4.69, 9.17) is 3.80 Å². The summed E-state index contributed by atoms with van der Waals surface area (Å²) in [5.41, 5.74) is 0. The van der Waals surface area contributed by atoms with Crippen LogP contribution in [0.15, 0.2) is 0 Å². The molecular formula is CoCrFeMnNiO. The predicted molar refractivity (Wildman–Crippen MR) is 0.686 cm³/mol. The van der Waals surface area contributed by atoms with Gasteiger partial charge >= 0.3 is 20.0 Å². The average Bonchev–Trinajstić information content (AvgIpc) is 1.00. The van der Waals surface area contributed by atoms with E-state index < -0.39 is 0 Å². The van der Waals surface area contributed by atoms with Crippen LogP contribution in [0.1, 0.15) is 0 Å². The third-order valence-corrected chi connectivity index (χ3v) is 0. The van der Waals surface area contributed by atoms with Crippen molar-refractivity contribution in [2.75, 3.05) is 0 Å². The number of rotatable bonds is 0. The minimum absolute atomic E-state index is 0. The molecule has 0 aromatic rings. The summed E-state index contributed by atoms with van der Waals surface area (Å²) < 4.78 is 8.12. The molecule has 0 aliphatic rings. The molecule has 0 aliphatic heterocycles. The van der Waals surface area contributed by atoms with Gasteiger partial charge in [-0.1, -0.05) is 0 Å². The molecule has 0 N–H and O–H groups in total. The molecule has 2 radical (unpaired) electrons. The van der Waals surface area contributed by atoms with E-state index >= 15 is 0 Å². The van der Waals surface area contributed by atoms with E-state index in [2.05, 4.69) is 0 Å². The maximum absolute atomic E-state index is 8.12. The fourth-order valence-electron chi connectivity index (χ4n) is 0. The Morgan fingerprint density at radius 2 is 1.17 bits per heavy atom. The fraction of sp³-hybridized carbons (Fsp3) is 0. The summed E-state index contributed by atoms with van der Waals surface area (Å²) in [7, 11) is 0. The van der Waals surface area contributed by atoms with Crippen molar-refractivity contribution in [1.82, 2.24) is 0 Å². The second-order valence-electron chi connectivity index (χ2n) is 0. The van der Waals surface area contributed by atoms with Gasteiger partial charge in [-0.25, -0.2) is 0 Å². The summed E-state index contributed by atoms with van der Waals surface area (Å²) in [5.74, 6) is 0. The van der Waals surface area contributed by atoms with Gasteiger partial charge in [-0.05, 0) is 0 Å². The molecule has 0 spiro atoms. The van der Waals surface area contributed by atoms with Crippen LogP contribution in [0.3, 0.4) is 0 Å². The maximum atomic E-state index is 8.12. The zero-order valence-corrected chi connectivity index (χ0v) is 7.79. The van der Waals surface area contributed by atoms with E-state index in [0.29, 0.717) is 0 Å². The molecule has 6 heavy (non-hydrogen) atoms. The van der Waals surface area contributed by atoms with Crippen LogP contribution >= 0.6 is 0 Å². The molecule has 1 nitrogen and oxygen atoms in total. The van der Waals surface area contributed by atoms with Crippen LogP contribution in [0, 0.1) is 0 Å². The Morgan fingerprint density at radius 1 is 1.17 bits per heavy atom. The van der Waals surface area contributed by atoms with Gasteiger partial charge in [0, 0.05) is 67.4 Å². The van der Waals surface area contributed by atoms with Gasteiger partial charge in [0.15, 0.2) is 0 Å². The van der Waals surface area contributed by atoms with Gasteiger partial charge in [0.2, 0.25) is 0 Å². The number of hydrogen-bond acceptors (Lipinski definition) is 1. The van der Waals surface area contributed by atoms with Crippen LogP contribution in [-0.4, -0.2) is 0 Å². The first-order valence-electron chi connectivity index (χ1n) is 0.167. The van der Waals surface area contributed by atoms with Gasteiger partial charge in [-0.3, -0.25) is 0 Å². The monoisotopic (exact) mass is 296 g/mol. The first-order chi connectivity index (χ1) is 1.00. The molecule has 0 saturated heterocycles. The van der Waals surface area contributed by atoms with Gasteiger partial charge in [0.05, 0.1) is 0 Å². The molecule has 0 heterocycles. The Balaban J connectivity index is -0.000000000833. The molecule has 0 atom stereocenters. The molecule has 0 rings (SSSR count). The zero-order valence-electron chi connectivity index (χ0n) is 2.20. The van der Waals surface area contributed by atoms with Crippen LogP contribution in [0.5, 0.6) is 0 Å². The Kier molecular flexibility index (Phi) is 355. The van der Waals surface area contributed by atoms with Gasteiger partial charge in [-0.2, -0.15) is 0 Å². The quantitative estimate of drug-likeness (QED) is 0.569. The predicted octanol–water partition coefficient (Wildman–Crippen LogP) is -0.131. The van der Waals surface area contributed by atoms with Crippen LogP contribution in [0.2, 0.25) is 0 Å². The topological polar surface area (TPSA) is 17.1 Å². The molecule has 0 unspecified atom stereocenters. The van der Waals surface area contributed by atoms with Crippen molar-refractivity contribution < 1.29 is 87.4 Å². The minimum atomic E-state index is 0.